The Labute approximate surface area is 132 Å². The summed E-state index contributed by atoms with van der Waals surface area (Å²) >= 11 is 1.69. The van der Waals surface area contributed by atoms with Gasteiger partial charge in [-0.05, 0) is 44.2 Å². The topological polar surface area (TPSA) is 64.8 Å². The van der Waals surface area contributed by atoms with Crippen molar-refractivity contribution in [3.63, 3.8) is 0 Å². The summed E-state index contributed by atoms with van der Waals surface area (Å²) in [5, 5.41) is 7.63. The van der Waals surface area contributed by atoms with Gasteiger partial charge in [-0.15, -0.1) is 21.5 Å². The van der Waals surface area contributed by atoms with Crippen LogP contribution < -0.4 is 0 Å². The third-order valence-corrected chi connectivity index (χ3v) is 6.10. The molecule has 3 rings (SSSR count). The van der Waals surface area contributed by atoms with Crippen LogP contribution in [0.3, 0.4) is 0 Å². The largest absolute Gasteiger partial charge is 0.296 e. The number of aromatic nitrogens is 3. The second-order valence-corrected chi connectivity index (χ2v) is 8.70. The number of rotatable bonds is 3. The standard InChI is InChI=1S/C13H16ClN3O2S2/c1-2-17-12(15-16-13(17)21(14,18)19)11-8-9-6-4-3-5-7-10(9)20-11/h8H,2-7H2,1H3. The minimum atomic E-state index is -3.87. The van der Waals surface area contributed by atoms with Gasteiger partial charge in [0.05, 0.1) is 4.88 Å². The van der Waals surface area contributed by atoms with E-state index in [2.05, 4.69) is 16.3 Å². The molecule has 2 aromatic rings. The van der Waals surface area contributed by atoms with Crippen LogP contribution >= 0.6 is 22.0 Å². The van der Waals surface area contributed by atoms with Crippen LogP contribution in [-0.4, -0.2) is 23.2 Å². The van der Waals surface area contributed by atoms with E-state index < -0.39 is 9.05 Å². The van der Waals surface area contributed by atoms with E-state index >= 15 is 0 Å². The molecule has 0 atom stereocenters. The number of halogens is 1. The van der Waals surface area contributed by atoms with E-state index in [4.69, 9.17) is 10.7 Å². The fraction of sp³-hybridized carbons (Fsp3) is 0.538. The molecule has 2 heterocycles. The summed E-state index contributed by atoms with van der Waals surface area (Å²) in [6.45, 7) is 2.32. The fourth-order valence-corrected chi connectivity index (χ4v) is 4.92. The Morgan fingerprint density at radius 1 is 1.29 bits per heavy atom. The lowest BCUT2D eigenvalue weighted by Gasteiger charge is -2.03. The van der Waals surface area contributed by atoms with E-state index in [-0.39, 0.29) is 5.16 Å². The first-order valence-corrected chi connectivity index (χ1v) is 10.1. The van der Waals surface area contributed by atoms with Gasteiger partial charge in [0.25, 0.3) is 14.2 Å². The molecule has 0 saturated carbocycles. The molecule has 0 radical (unpaired) electrons. The molecule has 0 bridgehead atoms. The number of fused-ring (bicyclic) bond motifs is 1. The van der Waals surface area contributed by atoms with Crippen LogP contribution in [-0.2, 0) is 28.4 Å². The van der Waals surface area contributed by atoms with Crippen molar-refractivity contribution < 1.29 is 8.42 Å². The molecule has 0 saturated heterocycles. The summed E-state index contributed by atoms with van der Waals surface area (Å²) in [4.78, 5) is 2.37. The van der Waals surface area contributed by atoms with Crippen molar-refractivity contribution in [1.29, 1.82) is 0 Å². The van der Waals surface area contributed by atoms with E-state index in [1.165, 1.54) is 29.7 Å². The molecule has 5 nitrogen and oxygen atoms in total. The van der Waals surface area contributed by atoms with E-state index in [9.17, 15) is 8.42 Å². The zero-order valence-electron chi connectivity index (χ0n) is 11.7. The van der Waals surface area contributed by atoms with Crippen LogP contribution in [0.2, 0.25) is 0 Å². The highest BCUT2D eigenvalue weighted by atomic mass is 35.7. The normalized spacial score (nSPS) is 15.7. The van der Waals surface area contributed by atoms with Crippen molar-refractivity contribution in [2.45, 2.75) is 50.7 Å². The number of hydrogen-bond acceptors (Lipinski definition) is 5. The van der Waals surface area contributed by atoms with Gasteiger partial charge >= 0.3 is 0 Å². The Morgan fingerprint density at radius 3 is 2.76 bits per heavy atom. The molecule has 0 spiro atoms. The minimum absolute atomic E-state index is 0.176. The van der Waals surface area contributed by atoms with Crippen LogP contribution in [0.5, 0.6) is 0 Å². The third kappa shape index (κ3) is 2.86. The predicted octanol–water partition coefficient (Wildman–Crippen LogP) is 3.22. The zero-order valence-corrected chi connectivity index (χ0v) is 14.1. The molecule has 2 aromatic heterocycles. The lowest BCUT2D eigenvalue weighted by Crippen LogP contribution is -2.05. The molecule has 0 aromatic carbocycles. The highest BCUT2D eigenvalue weighted by Gasteiger charge is 2.24. The monoisotopic (exact) mass is 345 g/mol. The predicted molar refractivity (Wildman–Crippen MR) is 83.3 cm³/mol. The van der Waals surface area contributed by atoms with Crippen molar-refractivity contribution in [1.82, 2.24) is 14.8 Å². The molecular weight excluding hydrogens is 330 g/mol. The molecule has 21 heavy (non-hydrogen) atoms. The number of nitrogens with zero attached hydrogens (tertiary/aromatic N) is 3. The van der Waals surface area contributed by atoms with Gasteiger partial charge in [-0.3, -0.25) is 4.57 Å². The lowest BCUT2D eigenvalue weighted by atomic mass is 10.1. The molecule has 1 aliphatic rings. The molecule has 0 unspecified atom stereocenters. The first-order chi connectivity index (χ1) is 10.0. The van der Waals surface area contributed by atoms with Gasteiger partial charge in [-0.2, -0.15) is 0 Å². The van der Waals surface area contributed by atoms with Crippen LogP contribution in [0.4, 0.5) is 0 Å². The van der Waals surface area contributed by atoms with Crippen LogP contribution in [0.1, 0.15) is 36.6 Å². The van der Waals surface area contributed by atoms with Crippen molar-refractivity contribution in [2.75, 3.05) is 0 Å². The summed E-state index contributed by atoms with van der Waals surface area (Å²) in [7, 11) is 1.54. The summed E-state index contributed by atoms with van der Waals surface area (Å²) in [5.41, 5.74) is 1.37. The average molecular weight is 346 g/mol. The second-order valence-electron chi connectivity index (χ2n) is 5.11. The Morgan fingerprint density at radius 2 is 2.05 bits per heavy atom. The van der Waals surface area contributed by atoms with Gasteiger partial charge in [0.15, 0.2) is 5.82 Å². The highest BCUT2D eigenvalue weighted by molar-refractivity contribution is 8.13. The number of thiophene rings is 1. The summed E-state index contributed by atoms with van der Waals surface area (Å²) in [6.07, 6.45) is 5.89. The van der Waals surface area contributed by atoms with Gasteiger partial charge < -0.3 is 0 Å². The molecule has 0 N–H and O–H groups in total. The smallest absolute Gasteiger partial charge is 0.296 e. The lowest BCUT2D eigenvalue weighted by molar-refractivity contribution is 0.583. The number of hydrogen-bond donors (Lipinski definition) is 0. The zero-order chi connectivity index (χ0) is 15.0. The van der Waals surface area contributed by atoms with Gasteiger partial charge in [-0.1, -0.05) is 6.42 Å². The van der Waals surface area contributed by atoms with Crippen molar-refractivity contribution >= 4 is 31.1 Å². The maximum atomic E-state index is 11.5. The maximum Gasteiger partial charge on any atom is 0.296 e. The molecule has 8 heteroatoms. The first-order valence-electron chi connectivity index (χ1n) is 7.00. The van der Waals surface area contributed by atoms with Crippen LogP contribution in [0, 0.1) is 0 Å². The van der Waals surface area contributed by atoms with Gasteiger partial charge in [0, 0.05) is 22.1 Å². The molecule has 0 fully saturated rings. The van der Waals surface area contributed by atoms with E-state index in [1.54, 1.807) is 15.9 Å². The molecule has 1 aliphatic carbocycles. The summed E-state index contributed by atoms with van der Waals surface area (Å²) in [5.74, 6) is 0.592. The SMILES string of the molecule is CCn1c(-c2cc3c(s2)CCCCC3)nnc1S(=O)(=O)Cl. The summed E-state index contributed by atoms with van der Waals surface area (Å²) < 4.78 is 24.6. The molecular formula is C13H16ClN3O2S2. The highest BCUT2D eigenvalue weighted by Crippen LogP contribution is 2.35. The Bertz CT molecular complexity index is 741. The van der Waals surface area contributed by atoms with E-state index in [0.29, 0.717) is 12.4 Å². The minimum Gasteiger partial charge on any atom is -0.296 e. The Kier molecular flexibility index (Phi) is 4.07. The van der Waals surface area contributed by atoms with Gasteiger partial charge in [0.2, 0.25) is 0 Å². The van der Waals surface area contributed by atoms with E-state index in [1.807, 2.05) is 6.92 Å². The first kappa shape index (κ1) is 15.0. The quantitative estimate of drug-likeness (QED) is 0.632. The average Bonchev–Trinajstić information content (AvgIpc) is 2.96. The molecule has 0 aliphatic heterocycles. The van der Waals surface area contributed by atoms with Crippen LogP contribution in [0.15, 0.2) is 11.2 Å². The molecule has 114 valence electrons. The maximum absolute atomic E-state index is 11.5. The third-order valence-electron chi connectivity index (χ3n) is 3.72. The fourth-order valence-electron chi connectivity index (χ4n) is 2.71. The second kappa shape index (κ2) is 5.70. The Hall–Kier alpha value is -0.920. The van der Waals surface area contributed by atoms with Gasteiger partial charge in [0.1, 0.15) is 0 Å². The molecule has 0 amide bonds. The summed E-state index contributed by atoms with van der Waals surface area (Å²) in [6, 6.07) is 2.13. The van der Waals surface area contributed by atoms with Crippen molar-refractivity contribution in [2.24, 2.45) is 0 Å². The number of aryl methyl sites for hydroxylation is 2. The van der Waals surface area contributed by atoms with Crippen LogP contribution in [0.25, 0.3) is 10.7 Å². The Balaban J connectivity index is 2.07. The van der Waals surface area contributed by atoms with Crippen molar-refractivity contribution in [3.05, 3.63) is 16.5 Å². The van der Waals surface area contributed by atoms with Crippen molar-refractivity contribution in [3.8, 4) is 10.7 Å². The van der Waals surface area contributed by atoms with Gasteiger partial charge in [-0.25, -0.2) is 8.42 Å². The van der Waals surface area contributed by atoms with E-state index in [0.717, 1.165) is 17.7 Å².